The number of hydrogen-bond acceptors (Lipinski definition) is 3. The summed E-state index contributed by atoms with van der Waals surface area (Å²) in [4.78, 5) is 0. The highest BCUT2D eigenvalue weighted by Gasteiger charge is 2.33. The van der Waals surface area contributed by atoms with E-state index in [2.05, 4.69) is 10.1 Å². The van der Waals surface area contributed by atoms with Gasteiger partial charge in [0, 0.05) is 13.1 Å². The van der Waals surface area contributed by atoms with Crippen molar-refractivity contribution in [1.82, 2.24) is 5.32 Å². The van der Waals surface area contributed by atoms with Crippen molar-refractivity contribution < 1.29 is 22.6 Å². The van der Waals surface area contributed by atoms with E-state index in [0.717, 1.165) is 16.7 Å². The molecule has 0 spiro atoms. The van der Waals surface area contributed by atoms with Crippen LogP contribution in [0.15, 0.2) is 36.4 Å². The summed E-state index contributed by atoms with van der Waals surface area (Å²) in [5.74, 6) is -0.209. The third kappa shape index (κ3) is 3.82. The first-order valence-corrected chi connectivity index (χ1v) is 7.66. The monoisotopic (exact) mass is 337 g/mol. The summed E-state index contributed by atoms with van der Waals surface area (Å²) in [7, 11) is 0. The van der Waals surface area contributed by atoms with Gasteiger partial charge in [0.05, 0.1) is 0 Å². The summed E-state index contributed by atoms with van der Waals surface area (Å²) in [5.41, 5.74) is 3.61. The minimum Gasteiger partial charge on any atom is -0.484 e. The largest absolute Gasteiger partial charge is 0.573 e. The number of hydrogen-bond donors (Lipinski definition) is 1. The van der Waals surface area contributed by atoms with E-state index in [9.17, 15) is 13.2 Å². The SMILES string of the molecule is Cc1ccc(-c2ccc(OC3CNC3)c(OC(F)(F)F)c2)c(C)c1. The molecule has 24 heavy (non-hydrogen) atoms. The number of benzene rings is 2. The average molecular weight is 337 g/mol. The summed E-state index contributed by atoms with van der Waals surface area (Å²) in [6.45, 7) is 5.13. The molecule has 3 rings (SSSR count). The van der Waals surface area contributed by atoms with Crippen LogP contribution in [0.1, 0.15) is 11.1 Å². The van der Waals surface area contributed by atoms with Gasteiger partial charge in [-0.15, -0.1) is 13.2 Å². The number of ether oxygens (including phenoxy) is 2. The first-order chi connectivity index (χ1) is 11.3. The molecule has 2 aromatic carbocycles. The van der Waals surface area contributed by atoms with E-state index in [1.807, 2.05) is 32.0 Å². The van der Waals surface area contributed by atoms with Crippen LogP contribution in [0.25, 0.3) is 11.1 Å². The minimum atomic E-state index is -4.77. The van der Waals surface area contributed by atoms with Gasteiger partial charge in [0.15, 0.2) is 11.5 Å². The first kappa shape index (κ1) is 16.6. The molecule has 0 saturated carbocycles. The molecule has 0 unspecified atom stereocenters. The Hall–Kier alpha value is -2.21. The number of rotatable bonds is 4. The van der Waals surface area contributed by atoms with Gasteiger partial charge in [-0.1, -0.05) is 29.8 Å². The summed E-state index contributed by atoms with van der Waals surface area (Å²) in [6, 6.07) is 10.5. The lowest BCUT2D eigenvalue weighted by atomic mass is 9.98. The molecule has 1 saturated heterocycles. The zero-order chi connectivity index (χ0) is 17.3. The fourth-order valence-electron chi connectivity index (χ4n) is 2.64. The van der Waals surface area contributed by atoms with E-state index < -0.39 is 6.36 Å². The second-order valence-electron chi connectivity index (χ2n) is 5.93. The highest BCUT2D eigenvalue weighted by Crippen LogP contribution is 2.37. The summed E-state index contributed by atoms with van der Waals surface area (Å²) >= 11 is 0. The van der Waals surface area contributed by atoms with Crippen LogP contribution in [0, 0.1) is 13.8 Å². The lowest BCUT2D eigenvalue weighted by Crippen LogP contribution is -2.50. The Morgan fingerprint density at radius 1 is 1.00 bits per heavy atom. The van der Waals surface area contributed by atoms with Gasteiger partial charge in [0.2, 0.25) is 0 Å². The molecule has 0 bridgehead atoms. The van der Waals surface area contributed by atoms with Gasteiger partial charge in [0.25, 0.3) is 0 Å². The fraction of sp³-hybridized carbons (Fsp3) is 0.333. The summed E-state index contributed by atoms with van der Waals surface area (Å²) in [6.07, 6.45) is -4.90. The summed E-state index contributed by atoms with van der Waals surface area (Å²) < 4.78 is 48.0. The molecule has 128 valence electrons. The Kier molecular flexibility index (Phi) is 4.41. The maximum Gasteiger partial charge on any atom is 0.573 e. The van der Waals surface area contributed by atoms with Crippen molar-refractivity contribution in [1.29, 1.82) is 0 Å². The van der Waals surface area contributed by atoms with Crippen LogP contribution in [0.4, 0.5) is 13.2 Å². The Morgan fingerprint density at radius 3 is 2.33 bits per heavy atom. The smallest absolute Gasteiger partial charge is 0.484 e. The second-order valence-corrected chi connectivity index (χ2v) is 5.93. The average Bonchev–Trinajstić information content (AvgIpc) is 2.42. The molecule has 3 nitrogen and oxygen atoms in total. The molecule has 1 aliphatic heterocycles. The molecule has 1 aliphatic rings. The molecule has 1 N–H and O–H groups in total. The van der Waals surface area contributed by atoms with Crippen LogP contribution in [0.2, 0.25) is 0 Å². The predicted octanol–water partition coefficient (Wildman–Crippen LogP) is 4.22. The van der Waals surface area contributed by atoms with E-state index in [-0.39, 0.29) is 17.6 Å². The fourth-order valence-corrected chi connectivity index (χ4v) is 2.64. The molecule has 0 aliphatic carbocycles. The van der Waals surface area contributed by atoms with E-state index in [1.54, 1.807) is 6.07 Å². The topological polar surface area (TPSA) is 30.5 Å². The minimum absolute atomic E-state index is 0.104. The third-order valence-electron chi connectivity index (χ3n) is 3.90. The molecule has 1 fully saturated rings. The zero-order valence-corrected chi connectivity index (χ0v) is 13.4. The van der Waals surface area contributed by atoms with Crippen molar-refractivity contribution >= 4 is 0 Å². The molecule has 0 radical (unpaired) electrons. The molecular formula is C18H18F3NO2. The maximum absolute atomic E-state index is 12.7. The van der Waals surface area contributed by atoms with Crippen molar-refractivity contribution in [3.63, 3.8) is 0 Å². The number of aryl methyl sites for hydroxylation is 2. The van der Waals surface area contributed by atoms with Crippen LogP contribution < -0.4 is 14.8 Å². The Labute approximate surface area is 138 Å². The van der Waals surface area contributed by atoms with Crippen LogP contribution >= 0.6 is 0 Å². The second kappa shape index (κ2) is 6.36. The zero-order valence-electron chi connectivity index (χ0n) is 13.4. The molecule has 0 amide bonds. The van der Waals surface area contributed by atoms with Crippen molar-refractivity contribution in [2.45, 2.75) is 26.3 Å². The third-order valence-corrected chi connectivity index (χ3v) is 3.90. The van der Waals surface area contributed by atoms with Gasteiger partial charge in [-0.3, -0.25) is 0 Å². The van der Waals surface area contributed by atoms with E-state index >= 15 is 0 Å². The van der Waals surface area contributed by atoms with Crippen LogP contribution in [0.3, 0.4) is 0 Å². The van der Waals surface area contributed by atoms with Crippen molar-refractivity contribution in [2.75, 3.05) is 13.1 Å². The standard InChI is InChI=1S/C18H18F3NO2/c1-11-3-5-15(12(2)7-11)13-4-6-16(23-14-9-22-10-14)17(8-13)24-18(19,20)21/h3-8,14,22H,9-10H2,1-2H3. The van der Waals surface area contributed by atoms with E-state index in [1.165, 1.54) is 12.1 Å². The molecule has 0 aromatic heterocycles. The predicted molar refractivity (Wildman–Crippen MR) is 85.3 cm³/mol. The Bertz CT molecular complexity index is 740. The van der Waals surface area contributed by atoms with Crippen LogP contribution in [0.5, 0.6) is 11.5 Å². The number of nitrogens with one attached hydrogen (secondary N) is 1. The van der Waals surface area contributed by atoms with E-state index in [0.29, 0.717) is 18.7 Å². The van der Waals surface area contributed by atoms with Gasteiger partial charge in [-0.25, -0.2) is 0 Å². The Morgan fingerprint density at radius 2 is 1.75 bits per heavy atom. The maximum atomic E-state index is 12.7. The van der Waals surface area contributed by atoms with Gasteiger partial charge in [0.1, 0.15) is 6.10 Å². The molecule has 2 aromatic rings. The van der Waals surface area contributed by atoms with Gasteiger partial charge in [-0.05, 0) is 42.7 Å². The lowest BCUT2D eigenvalue weighted by Gasteiger charge is -2.28. The number of alkyl halides is 3. The van der Waals surface area contributed by atoms with Crippen molar-refractivity contribution in [3.8, 4) is 22.6 Å². The molecule has 1 heterocycles. The molecule has 6 heteroatoms. The highest BCUT2D eigenvalue weighted by molar-refractivity contribution is 5.70. The van der Waals surface area contributed by atoms with Crippen molar-refractivity contribution in [3.05, 3.63) is 47.5 Å². The quantitative estimate of drug-likeness (QED) is 0.906. The van der Waals surface area contributed by atoms with Gasteiger partial charge < -0.3 is 14.8 Å². The highest BCUT2D eigenvalue weighted by atomic mass is 19.4. The van der Waals surface area contributed by atoms with E-state index in [4.69, 9.17) is 4.74 Å². The Balaban J connectivity index is 1.97. The van der Waals surface area contributed by atoms with Gasteiger partial charge >= 0.3 is 6.36 Å². The summed E-state index contributed by atoms with van der Waals surface area (Å²) in [5, 5.41) is 3.01. The van der Waals surface area contributed by atoms with Crippen molar-refractivity contribution in [2.24, 2.45) is 0 Å². The van der Waals surface area contributed by atoms with Crippen LogP contribution in [-0.2, 0) is 0 Å². The molecular weight excluding hydrogens is 319 g/mol. The van der Waals surface area contributed by atoms with Crippen LogP contribution in [-0.4, -0.2) is 25.6 Å². The number of halogens is 3. The first-order valence-electron chi connectivity index (χ1n) is 7.66. The van der Waals surface area contributed by atoms with Gasteiger partial charge in [-0.2, -0.15) is 0 Å². The normalized spacial score (nSPS) is 15.0. The lowest BCUT2D eigenvalue weighted by molar-refractivity contribution is -0.275. The molecule has 0 atom stereocenters.